The van der Waals surface area contributed by atoms with E-state index in [0.29, 0.717) is 31.0 Å². The molecule has 7 nitrogen and oxygen atoms in total. The minimum atomic E-state index is -0.374. The SMILES string of the molecule is CCOC(=O)C1CCCN(C(=O)c2cnc3scc(C)n3c2=O)C1. The minimum absolute atomic E-state index is 0.0403. The lowest BCUT2D eigenvalue weighted by Gasteiger charge is -2.31. The number of piperidine rings is 1. The van der Waals surface area contributed by atoms with Crippen LogP contribution < -0.4 is 5.56 Å². The number of hydrogen-bond acceptors (Lipinski definition) is 6. The van der Waals surface area contributed by atoms with E-state index in [2.05, 4.69) is 4.98 Å². The van der Waals surface area contributed by atoms with Gasteiger partial charge in [0, 0.05) is 30.4 Å². The third kappa shape index (κ3) is 2.93. The van der Waals surface area contributed by atoms with Gasteiger partial charge in [-0.1, -0.05) is 0 Å². The molecule has 8 heteroatoms. The predicted molar refractivity (Wildman–Crippen MR) is 89.3 cm³/mol. The largest absolute Gasteiger partial charge is 0.466 e. The summed E-state index contributed by atoms with van der Waals surface area (Å²) in [7, 11) is 0. The molecule has 1 amide bonds. The highest BCUT2D eigenvalue weighted by Crippen LogP contribution is 2.19. The molecule has 0 radical (unpaired) electrons. The molecule has 0 aromatic carbocycles. The molecule has 2 aromatic heterocycles. The fourth-order valence-electron chi connectivity index (χ4n) is 2.96. The number of nitrogens with zero attached hydrogens (tertiary/aromatic N) is 3. The van der Waals surface area contributed by atoms with Crippen LogP contribution in [-0.2, 0) is 9.53 Å². The van der Waals surface area contributed by atoms with Gasteiger partial charge in [-0.3, -0.25) is 18.8 Å². The number of aryl methyl sites for hydroxylation is 1. The maximum atomic E-state index is 12.7. The van der Waals surface area contributed by atoms with Gasteiger partial charge in [-0.25, -0.2) is 4.98 Å². The summed E-state index contributed by atoms with van der Waals surface area (Å²) in [4.78, 5) is 43.6. The number of rotatable bonds is 3. The lowest BCUT2D eigenvalue weighted by Crippen LogP contribution is -2.44. The van der Waals surface area contributed by atoms with Crippen molar-refractivity contribution in [2.24, 2.45) is 5.92 Å². The fourth-order valence-corrected chi connectivity index (χ4v) is 3.78. The molecule has 1 aliphatic heterocycles. The first-order chi connectivity index (χ1) is 11.5. The maximum Gasteiger partial charge on any atom is 0.310 e. The molecule has 24 heavy (non-hydrogen) atoms. The average Bonchev–Trinajstić information content (AvgIpc) is 2.97. The molecule has 0 bridgehead atoms. The number of carbonyl (C=O) groups is 2. The van der Waals surface area contributed by atoms with E-state index in [9.17, 15) is 14.4 Å². The summed E-state index contributed by atoms with van der Waals surface area (Å²) in [6, 6.07) is 0. The quantitative estimate of drug-likeness (QED) is 0.784. The van der Waals surface area contributed by atoms with Gasteiger partial charge in [-0.15, -0.1) is 11.3 Å². The number of aromatic nitrogens is 2. The van der Waals surface area contributed by atoms with E-state index in [-0.39, 0.29) is 35.5 Å². The van der Waals surface area contributed by atoms with Crippen molar-refractivity contribution in [2.45, 2.75) is 26.7 Å². The molecule has 2 aromatic rings. The summed E-state index contributed by atoms with van der Waals surface area (Å²) < 4.78 is 6.50. The highest BCUT2D eigenvalue weighted by molar-refractivity contribution is 7.15. The van der Waals surface area contributed by atoms with Gasteiger partial charge in [0.15, 0.2) is 4.96 Å². The molecule has 0 saturated carbocycles. The number of likely N-dealkylation sites (tertiary alicyclic amines) is 1. The lowest BCUT2D eigenvalue weighted by atomic mass is 9.97. The van der Waals surface area contributed by atoms with E-state index >= 15 is 0 Å². The van der Waals surface area contributed by atoms with Crippen LogP contribution in [0, 0.1) is 12.8 Å². The van der Waals surface area contributed by atoms with Crippen LogP contribution in [-0.4, -0.2) is 45.9 Å². The Labute approximate surface area is 142 Å². The van der Waals surface area contributed by atoms with Crippen molar-refractivity contribution in [1.29, 1.82) is 0 Å². The number of carbonyl (C=O) groups excluding carboxylic acids is 2. The first-order valence-corrected chi connectivity index (χ1v) is 8.82. The van der Waals surface area contributed by atoms with Crippen molar-refractivity contribution in [3.05, 3.63) is 33.2 Å². The number of thiazole rings is 1. The molecular formula is C16H19N3O4S. The monoisotopic (exact) mass is 349 g/mol. The molecule has 0 N–H and O–H groups in total. The number of amides is 1. The van der Waals surface area contributed by atoms with Gasteiger partial charge in [0.1, 0.15) is 5.56 Å². The van der Waals surface area contributed by atoms with Crippen LogP contribution in [0.2, 0.25) is 0 Å². The third-order valence-electron chi connectivity index (χ3n) is 4.18. The fraction of sp³-hybridized carbons (Fsp3) is 0.500. The summed E-state index contributed by atoms with van der Waals surface area (Å²) in [5, 5.41) is 1.83. The van der Waals surface area contributed by atoms with E-state index < -0.39 is 0 Å². The number of fused-ring (bicyclic) bond motifs is 1. The number of esters is 1. The van der Waals surface area contributed by atoms with Gasteiger partial charge in [0.2, 0.25) is 0 Å². The van der Waals surface area contributed by atoms with Crippen molar-refractivity contribution < 1.29 is 14.3 Å². The zero-order valence-electron chi connectivity index (χ0n) is 13.7. The third-order valence-corrected chi connectivity index (χ3v) is 5.13. The van der Waals surface area contributed by atoms with Crippen LogP contribution in [0.1, 0.15) is 35.8 Å². The molecule has 1 aliphatic rings. The smallest absolute Gasteiger partial charge is 0.310 e. The molecule has 0 aliphatic carbocycles. The second-order valence-corrected chi connectivity index (χ2v) is 6.65. The van der Waals surface area contributed by atoms with Crippen molar-refractivity contribution in [1.82, 2.24) is 14.3 Å². The zero-order chi connectivity index (χ0) is 17.3. The molecule has 1 unspecified atom stereocenters. The van der Waals surface area contributed by atoms with Crippen LogP contribution >= 0.6 is 11.3 Å². The van der Waals surface area contributed by atoms with Crippen LogP contribution in [0.5, 0.6) is 0 Å². The maximum absolute atomic E-state index is 12.7. The van der Waals surface area contributed by atoms with Crippen molar-refractivity contribution in [3.8, 4) is 0 Å². The minimum Gasteiger partial charge on any atom is -0.466 e. The normalized spacial score (nSPS) is 17.9. The van der Waals surface area contributed by atoms with Crippen LogP contribution in [0.25, 0.3) is 4.96 Å². The van der Waals surface area contributed by atoms with E-state index in [4.69, 9.17) is 4.74 Å². The van der Waals surface area contributed by atoms with Crippen molar-refractivity contribution in [2.75, 3.05) is 19.7 Å². The first-order valence-electron chi connectivity index (χ1n) is 7.94. The van der Waals surface area contributed by atoms with E-state index in [1.807, 2.05) is 5.38 Å². The summed E-state index contributed by atoms with van der Waals surface area (Å²) in [5.41, 5.74) is 0.436. The van der Waals surface area contributed by atoms with E-state index in [0.717, 1.165) is 5.69 Å². The standard InChI is InChI=1S/C16H19N3O4S/c1-3-23-15(22)11-5-4-6-18(8-11)13(20)12-7-17-16-19(14(12)21)10(2)9-24-16/h7,9,11H,3-6,8H2,1-2H3. The van der Waals surface area contributed by atoms with Crippen molar-refractivity contribution in [3.63, 3.8) is 0 Å². The Balaban J connectivity index is 1.86. The molecule has 128 valence electrons. The molecular weight excluding hydrogens is 330 g/mol. The molecule has 3 heterocycles. The van der Waals surface area contributed by atoms with Gasteiger partial charge < -0.3 is 9.64 Å². The zero-order valence-corrected chi connectivity index (χ0v) is 14.5. The van der Waals surface area contributed by atoms with Gasteiger partial charge in [0.25, 0.3) is 11.5 Å². The summed E-state index contributed by atoms with van der Waals surface area (Å²) >= 11 is 1.36. The Hall–Kier alpha value is -2.22. The number of ether oxygens (including phenoxy) is 1. The highest BCUT2D eigenvalue weighted by atomic mass is 32.1. The van der Waals surface area contributed by atoms with E-state index in [1.165, 1.54) is 21.9 Å². The number of hydrogen-bond donors (Lipinski definition) is 0. The first kappa shape index (κ1) is 16.6. The molecule has 1 saturated heterocycles. The molecule has 0 spiro atoms. The van der Waals surface area contributed by atoms with Gasteiger partial charge >= 0.3 is 5.97 Å². The van der Waals surface area contributed by atoms with Crippen LogP contribution in [0.3, 0.4) is 0 Å². The van der Waals surface area contributed by atoms with Crippen LogP contribution in [0.15, 0.2) is 16.4 Å². The second-order valence-electron chi connectivity index (χ2n) is 5.81. The highest BCUT2D eigenvalue weighted by Gasteiger charge is 2.31. The Morgan fingerprint density at radius 3 is 3.00 bits per heavy atom. The van der Waals surface area contributed by atoms with Crippen molar-refractivity contribution >= 4 is 28.2 Å². The van der Waals surface area contributed by atoms with Gasteiger partial charge in [-0.05, 0) is 26.7 Å². The Kier molecular flexibility index (Phi) is 4.66. The Morgan fingerprint density at radius 1 is 1.46 bits per heavy atom. The molecule has 1 atom stereocenters. The Bertz CT molecular complexity index is 841. The summed E-state index contributed by atoms with van der Waals surface area (Å²) in [6.45, 7) is 4.69. The summed E-state index contributed by atoms with van der Waals surface area (Å²) in [5.74, 6) is -0.986. The predicted octanol–water partition coefficient (Wildman–Crippen LogP) is 1.48. The molecule has 1 fully saturated rings. The average molecular weight is 349 g/mol. The molecule has 3 rings (SSSR count). The van der Waals surface area contributed by atoms with E-state index in [1.54, 1.807) is 18.7 Å². The van der Waals surface area contributed by atoms with Gasteiger partial charge in [-0.2, -0.15) is 0 Å². The Morgan fingerprint density at radius 2 is 2.25 bits per heavy atom. The van der Waals surface area contributed by atoms with Gasteiger partial charge in [0.05, 0.1) is 12.5 Å². The second kappa shape index (κ2) is 6.72. The lowest BCUT2D eigenvalue weighted by molar-refractivity contribution is -0.149. The topological polar surface area (TPSA) is 81.0 Å². The summed E-state index contributed by atoms with van der Waals surface area (Å²) in [6.07, 6.45) is 2.75. The van der Waals surface area contributed by atoms with Crippen LogP contribution in [0.4, 0.5) is 0 Å².